The van der Waals surface area contributed by atoms with Gasteiger partial charge in [0.2, 0.25) is 11.8 Å². The van der Waals surface area contributed by atoms with Gasteiger partial charge in [-0.3, -0.25) is 49.0 Å². The van der Waals surface area contributed by atoms with E-state index in [2.05, 4.69) is 57.4 Å². The fraction of sp³-hybridized carbons (Fsp3) is 0.459. The summed E-state index contributed by atoms with van der Waals surface area (Å²) in [5, 5.41) is 13.9. The first-order valence-electron chi connectivity index (χ1n) is 28.2. The van der Waals surface area contributed by atoms with Crippen LogP contribution in [-0.4, -0.2) is 119 Å². The van der Waals surface area contributed by atoms with Gasteiger partial charge in [-0.25, -0.2) is 9.97 Å². The molecule has 3 aromatic heterocycles. The Balaban J connectivity index is 0.679. The maximum absolute atomic E-state index is 14.4. The van der Waals surface area contributed by atoms with Gasteiger partial charge in [-0.15, -0.1) is 0 Å². The number of nitrogens with one attached hydrogen (secondary N) is 3. The van der Waals surface area contributed by atoms with Crippen LogP contribution in [0.15, 0.2) is 79.0 Å². The number of ether oxygens (including phenoxy) is 3. The molecule has 1 saturated heterocycles. The summed E-state index contributed by atoms with van der Waals surface area (Å²) in [7, 11) is 0. The number of amides is 6. The largest absolute Gasteiger partial charge is 0.379 e. The van der Waals surface area contributed by atoms with Crippen LogP contribution < -0.4 is 20.9 Å². The molecular formula is C61H69N9O9S. The fourth-order valence-corrected chi connectivity index (χ4v) is 14.2. The number of aromatic nitrogens is 4. The van der Waals surface area contributed by atoms with Crippen molar-refractivity contribution in [2.24, 2.45) is 23.2 Å². The zero-order chi connectivity index (χ0) is 55.5. The molecule has 19 heteroatoms. The molecule has 5 aliphatic rings. The van der Waals surface area contributed by atoms with Gasteiger partial charge in [0, 0.05) is 61.6 Å². The molecule has 18 nitrogen and oxygen atoms in total. The third kappa shape index (κ3) is 11.8. The SMILES string of the molecule is Cc1c(-c2ccc(N3CCc4cccc(C(=O)Nc5nc6ccccc6s5)c4C3)nc2C(=O)NCCOCCOCCOCCCc2ccc3c(c2)C(=O)N(C2CCC(=O)NC2=O)C3=O)cnn1CC12CC(C)CC(CC(C)C1)C2. The first-order chi connectivity index (χ1) is 38.8. The molecule has 6 aromatic rings. The summed E-state index contributed by atoms with van der Waals surface area (Å²) < 4.78 is 20.6. The van der Waals surface area contributed by atoms with E-state index >= 15 is 0 Å². The lowest BCUT2D eigenvalue weighted by atomic mass is 9.57. The summed E-state index contributed by atoms with van der Waals surface area (Å²) in [6, 6.07) is 21.8. The summed E-state index contributed by atoms with van der Waals surface area (Å²) >= 11 is 1.44. The Labute approximate surface area is 469 Å². The Bertz CT molecular complexity index is 3300. The maximum atomic E-state index is 14.4. The Morgan fingerprint density at radius 1 is 0.787 bits per heavy atom. The summed E-state index contributed by atoms with van der Waals surface area (Å²) in [4.78, 5) is 91.4. The van der Waals surface area contributed by atoms with Gasteiger partial charge in [0.15, 0.2) is 5.13 Å². The van der Waals surface area contributed by atoms with Crippen LogP contribution in [0.5, 0.6) is 0 Å². The number of benzene rings is 3. The topological polar surface area (TPSA) is 216 Å². The molecule has 3 aromatic carbocycles. The molecule has 3 unspecified atom stereocenters. The number of imide groups is 2. The van der Waals surface area contributed by atoms with E-state index in [1.807, 2.05) is 54.7 Å². The molecule has 3 aliphatic heterocycles. The van der Waals surface area contributed by atoms with Gasteiger partial charge < -0.3 is 24.4 Å². The fourth-order valence-electron chi connectivity index (χ4n) is 13.3. The first kappa shape index (κ1) is 54.8. The first-order valence-corrected chi connectivity index (χ1v) is 29.0. The van der Waals surface area contributed by atoms with Gasteiger partial charge in [0.25, 0.3) is 23.6 Å². The quantitative estimate of drug-likeness (QED) is 0.0457. The number of hydrogen-bond donors (Lipinski definition) is 3. The molecule has 2 aliphatic carbocycles. The number of para-hydroxylation sites is 1. The van der Waals surface area contributed by atoms with E-state index in [-0.39, 0.29) is 54.3 Å². The van der Waals surface area contributed by atoms with Crippen molar-refractivity contribution in [1.82, 2.24) is 35.3 Å². The number of rotatable bonds is 21. The van der Waals surface area contributed by atoms with Crippen molar-refractivity contribution in [3.8, 4) is 11.1 Å². The molecule has 6 amide bonds. The van der Waals surface area contributed by atoms with Crippen molar-refractivity contribution in [2.45, 2.75) is 104 Å². The summed E-state index contributed by atoms with van der Waals surface area (Å²) in [5.41, 5.74) is 7.94. The summed E-state index contributed by atoms with van der Waals surface area (Å²) in [5.74, 6) is 0.151. The number of carbonyl (C=O) groups excluding carboxylic acids is 6. The van der Waals surface area contributed by atoms with Crippen LogP contribution in [0.4, 0.5) is 10.9 Å². The third-order valence-corrected chi connectivity index (χ3v) is 17.6. The number of hydrogen-bond acceptors (Lipinski definition) is 14. The average molecular weight is 1100 g/mol. The van der Waals surface area contributed by atoms with E-state index in [1.165, 1.54) is 43.4 Å². The number of thiazole rings is 1. The van der Waals surface area contributed by atoms with E-state index in [0.717, 1.165) is 55.5 Å². The number of pyridine rings is 1. The number of carbonyl (C=O) groups is 6. The average Bonchev–Trinajstić information content (AvgIpc) is 4.12. The highest BCUT2D eigenvalue weighted by molar-refractivity contribution is 7.22. The molecule has 2 bridgehead atoms. The standard InChI is InChI=1S/C61H69N9O9S/c1-37-28-41-29-38(2)32-61(31-37,33-41)36-69-39(3)47(34-63-69)43-15-17-52(68-21-19-42-9-6-10-44(48(42)35-68)55(72)67-60-64-49-11-4-5-12-51(49)80-60)65-54(43)57(74)62-20-23-78-25-27-79-26-24-77-22-7-8-40-13-14-45-46(30-40)59(76)70(58(45)75)50-16-18-53(71)66-56(50)73/h4-6,9-15,17,30,34,37-38,41,50H,7-8,16,18-29,31-33,35-36H2,1-3H3,(H,62,74)(H,64,67,72)(H,66,71,73). The Hall–Kier alpha value is -7.19. The molecule has 418 valence electrons. The van der Waals surface area contributed by atoms with Crippen LogP contribution in [0.25, 0.3) is 21.3 Å². The molecule has 2 saturated carbocycles. The molecular weight excluding hydrogens is 1030 g/mol. The highest BCUT2D eigenvalue weighted by Crippen LogP contribution is 2.54. The van der Waals surface area contributed by atoms with E-state index < -0.39 is 29.7 Å². The second kappa shape index (κ2) is 23.9. The van der Waals surface area contributed by atoms with Crippen molar-refractivity contribution in [3.63, 3.8) is 0 Å². The van der Waals surface area contributed by atoms with Crippen molar-refractivity contribution >= 4 is 67.9 Å². The molecule has 6 heterocycles. The number of fused-ring (bicyclic) bond motifs is 5. The highest BCUT2D eigenvalue weighted by Gasteiger charge is 2.46. The lowest BCUT2D eigenvalue weighted by Gasteiger charge is -2.50. The van der Waals surface area contributed by atoms with Gasteiger partial charge in [-0.1, -0.05) is 55.5 Å². The number of nitrogens with zero attached hydrogens (tertiary/aromatic N) is 6. The number of aryl methyl sites for hydroxylation is 1. The van der Waals surface area contributed by atoms with Gasteiger partial charge >= 0.3 is 0 Å². The smallest absolute Gasteiger partial charge is 0.270 e. The lowest BCUT2D eigenvalue weighted by Crippen LogP contribution is -2.54. The van der Waals surface area contributed by atoms with E-state index in [4.69, 9.17) is 24.3 Å². The normalized spacial score (nSPS) is 21.6. The van der Waals surface area contributed by atoms with E-state index in [9.17, 15) is 28.8 Å². The van der Waals surface area contributed by atoms with Crippen molar-refractivity contribution in [1.29, 1.82) is 0 Å². The van der Waals surface area contributed by atoms with Crippen LogP contribution in [0.1, 0.15) is 129 Å². The Morgan fingerprint density at radius 3 is 2.33 bits per heavy atom. The minimum Gasteiger partial charge on any atom is -0.379 e. The van der Waals surface area contributed by atoms with Crippen LogP contribution in [-0.2, 0) is 49.7 Å². The van der Waals surface area contributed by atoms with Crippen LogP contribution in [0.3, 0.4) is 0 Å². The predicted octanol–water partition coefficient (Wildman–Crippen LogP) is 8.34. The van der Waals surface area contributed by atoms with Gasteiger partial charge in [-0.05, 0) is 147 Å². The maximum Gasteiger partial charge on any atom is 0.270 e. The van der Waals surface area contributed by atoms with Crippen LogP contribution >= 0.6 is 11.3 Å². The zero-order valence-corrected chi connectivity index (χ0v) is 46.5. The lowest BCUT2D eigenvalue weighted by molar-refractivity contribution is -0.136. The molecule has 3 fully saturated rings. The Morgan fingerprint density at radius 2 is 1.54 bits per heavy atom. The van der Waals surface area contributed by atoms with E-state index in [0.29, 0.717) is 105 Å². The minimum atomic E-state index is -1.000. The monoisotopic (exact) mass is 1100 g/mol. The Kier molecular flexibility index (Phi) is 16.3. The van der Waals surface area contributed by atoms with Gasteiger partial charge in [0.1, 0.15) is 17.6 Å². The van der Waals surface area contributed by atoms with Crippen molar-refractivity contribution in [3.05, 3.63) is 124 Å². The van der Waals surface area contributed by atoms with Crippen molar-refractivity contribution in [2.75, 3.05) is 62.9 Å². The molecule has 80 heavy (non-hydrogen) atoms. The molecule has 11 rings (SSSR count). The second-order valence-corrected chi connectivity index (χ2v) is 23.6. The van der Waals surface area contributed by atoms with Crippen LogP contribution in [0, 0.1) is 30.1 Å². The second-order valence-electron chi connectivity index (χ2n) is 22.6. The number of piperidine rings is 1. The highest BCUT2D eigenvalue weighted by atomic mass is 32.1. The molecule has 0 radical (unpaired) electrons. The molecule has 0 spiro atoms. The number of anilines is 2. The summed E-state index contributed by atoms with van der Waals surface area (Å²) in [6.45, 7) is 11.3. The van der Waals surface area contributed by atoms with Crippen molar-refractivity contribution < 1.29 is 43.0 Å². The summed E-state index contributed by atoms with van der Waals surface area (Å²) in [6.07, 6.45) is 10.3. The minimum absolute atomic E-state index is 0.0685. The molecule has 3 atom stereocenters. The van der Waals surface area contributed by atoms with Gasteiger partial charge in [-0.2, -0.15) is 5.10 Å². The molecule has 3 N–H and O–H groups in total. The van der Waals surface area contributed by atoms with Crippen LogP contribution in [0.2, 0.25) is 0 Å². The predicted molar refractivity (Wildman–Crippen MR) is 303 cm³/mol. The van der Waals surface area contributed by atoms with E-state index in [1.54, 1.807) is 18.2 Å². The third-order valence-electron chi connectivity index (χ3n) is 16.6. The zero-order valence-electron chi connectivity index (χ0n) is 45.7. The van der Waals surface area contributed by atoms with Gasteiger partial charge in [0.05, 0.1) is 60.6 Å².